The molecule has 0 saturated carbocycles. The van der Waals surface area contributed by atoms with E-state index in [9.17, 15) is 0 Å². The normalized spacial score (nSPS) is 16.6. The third kappa shape index (κ3) is 8.24. The zero-order chi connectivity index (χ0) is 36.7. The fourth-order valence-electron chi connectivity index (χ4n) is 6.81. The van der Waals surface area contributed by atoms with Crippen molar-refractivity contribution in [1.82, 2.24) is 4.58 Å². The summed E-state index contributed by atoms with van der Waals surface area (Å²) >= 11 is 0. The maximum Gasteiger partial charge on any atom is 0.203 e. The maximum atomic E-state index is 6.53. The molecule has 0 radical (unpaired) electrons. The van der Waals surface area contributed by atoms with Gasteiger partial charge in [0, 0.05) is 53.9 Å². The van der Waals surface area contributed by atoms with Crippen LogP contribution in [0.5, 0.6) is 5.75 Å². The summed E-state index contributed by atoms with van der Waals surface area (Å²) in [6.07, 6.45) is 14.7. The van der Waals surface area contributed by atoms with Crippen molar-refractivity contribution in [2.75, 3.05) is 33.1 Å². The summed E-state index contributed by atoms with van der Waals surface area (Å²) in [6.45, 7) is 15.5. The molecule has 6 rings (SSSR count). The van der Waals surface area contributed by atoms with E-state index in [0.29, 0.717) is 0 Å². The molecule has 0 aromatic heterocycles. The number of hydrogen-bond acceptors (Lipinski definition) is 3. The minimum absolute atomic E-state index is 0. The molecule has 2 aliphatic heterocycles. The first kappa shape index (κ1) is 38.7. The second-order valence-electron chi connectivity index (χ2n) is 16.5. The zero-order valence-corrected chi connectivity index (χ0v) is 33.7. The molecule has 0 amide bonds. The highest BCUT2D eigenvalue weighted by Crippen LogP contribution is 2.43. The Balaban J connectivity index is 0.00000523. The van der Waals surface area contributed by atoms with Crippen LogP contribution in [0.2, 0.25) is 0 Å². The van der Waals surface area contributed by atoms with E-state index in [2.05, 4.69) is 183 Å². The van der Waals surface area contributed by atoms with Crippen LogP contribution < -0.4 is 32.0 Å². The van der Waals surface area contributed by atoms with E-state index in [0.717, 1.165) is 64.5 Å². The minimum Gasteiger partial charge on any atom is -1.00 e. The highest BCUT2D eigenvalue weighted by atomic mass is 35.5. The number of nitrogens with zero attached hydrogens (tertiary/aromatic N) is 2. The number of ether oxygens (including phenoxy) is 1. The molecule has 0 bridgehead atoms. The number of benzene rings is 3. The Morgan fingerprint density at radius 1 is 0.769 bits per heavy atom. The minimum atomic E-state index is -0.122. The molecule has 5 heteroatoms. The fraction of sp³-hybridized carbons (Fsp3) is 0.340. The molecule has 2 aliphatic carbocycles. The lowest BCUT2D eigenvalue weighted by molar-refractivity contribution is -0.0000118. The Morgan fingerprint density at radius 3 is 2.17 bits per heavy atom. The van der Waals surface area contributed by atoms with Gasteiger partial charge in [-0.15, -0.1) is 0 Å². The number of anilines is 1. The van der Waals surface area contributed by atoms with Gasteiger partial charge in [-0.05, 0) is 95.5 Å². The summed E-state index contributed by atoms with van der Waals surface area (Å²) in [5.74, 6) is 3.78. The van der Waals surface area contributed by atoms with Crippen molar-refractivity contribution < 1.29 is 21.6 Å². The summed E-state index contributed by atoms with van der Waals surface area (Å²) in [5, 5.41) is 1.13. The van der Waals surface area contributed by atoms with Crippen LogP contribution in [0, 0.1) is 12.3 Å². The molecule has 2 heterocycles. The van der Waals surface area contributed by atoms with Crippen LogP contribution in [0.15, 0.2) is 112 Å². The van der Waals surface area contributed by atoms with Gasteiger partial charge in [-0.1, -0.05) is 90.1 Å². The van der Waals surface area contributed by atoms with Gasteiger partial charge in [0.2, 0.25) is 5.36 Å². The van der Waals surface area contributed by atoms with Gasteiger partial charge in [0.25, 0.3) is 0 Å². The second-order valence-corrected chi connectivity index (χ2v) is 16.5. The third-order valence-electron chi connectivity index (χ3n) is 9.95. The van der Waals surface area contributed by atoms with Crippen LogP contribution in [0.3, 0.4) is 0 Å². The van der Waals surface area contributed by atoms with E-state index in [-0.39, 0.29) is 23.2 Å². The lowest BCUT2D eigenvalue weighted by Gasteiger charge is -2.29. The predicted molar refractivity (Wildman–Crippen MR) is 217 cm³/mol. The Morgan fingerprint density at radius 2 is 1.50 bits per heavy atom. The first-order valence-electron chi connectivity index (χ1n) is 18.3. The largest absolute Gasteiger partial charge is 1.00 e. The quantitative estimate of drug-likeness (QED) is 0.196. The van der Waals surface area contributed by atoms with Gasteiger partial charge < -0.3 is 26.5 Å². The van der Waals surface area contributed by atoms with Gasteiger partial charge >= 0.3 is 0 Å². The van der Waals surface area contributed by atoms with Crippen molar-refractivity contribution in [3.05, 3.63) is 141 Å². The number of fused-ring (bicyclic) bond motifs is 2. The maximum absolute atomic E-state index is 6.53. The molecule has 4 aliphatic rings. The highest BCUT2D eigenvalue weighted by molar-refractivity contribution is 5.88. The summed E-state index contributed by atoms with van der Waals surface area (Å²) < 4.78 is 15.2. The monoisotopic (exact) mass is 714 g/mol. The summed E-state index contributed by atoms with van der Waals surface area (Å²) in [5.41, 5.74) is 12.1. The molecule has 0 N–H and O–H groups in total. The van der Waals surface area contributed by atoms with Crippen molar-refractivity contribution in [2.45, 2.75) is 73.1 Å². The van der Waals surface area contributed by atoms with Crippen LogP contribution in [0.4, 0.5) is 5.69 Å². The zero-order valence-electron chi connectivity index (χ0n) is 32.9. The van der Waals surface area contributed by atoms with Crippen molar-refractivity contribution in [3.63, 3.8) is 0 Å². The van der Waals surface area contributed by atoms with E-state index in [1.807, 2.05) is 0 Å². The molecule has 0 fully saturated rings. The van der Waals surface area contributed by atoms with Gasteiger partial charge in [-0.2, -0.15) is 0 Å². The van der Waals surface area contributed by atoms with Crippen LogP contribution in [0.25, 0.3) is 28.5 Å². The molecule has 0 atom stereocenters. The standard InChI is InChI=1S/C47H55N2O2.ClH/c1-31-15-12-13-18-38(31)45-32(19-21-34-27-43(46(2,3)4)50-41-29-36(48(8)9)23-25-39(34)41)16-14-17-33(45)20-22-35-28-44(47(5,6)7)51-42-30-37(49(10)11)24-26-40(35)42;/h12-13,15,18-30H,14,16-17H2,1-11H3;1H/q+1;/p-1. The Hall–Kier alpha value is -4.54. The lowest BCUT2D eigenvalue weighted by Crippen LogP contribution is -3.00. The third-order valence-corrected chi connectivity index (χ3v) is 9.95. The molecule has 4 nitrogen and oxygen atoms in total. The summed E-state index contributed by atoms with van der Waals surface area (Å²) in [7, 11) is 8.28. The SMILES string of the molecule is Cc1ccccc1C1=C(C=Cc2cc(C(C)(C)C)oc3cc(=[N+](C)C)ccc2-3)CCCC1=CC=C1C=C(C(C)(C)C)Oc2cc(N(C)C)ccc21.[Cl-]. The Kier molecular flexibility index (Phi) is 11.3. The van der Waals surface area contributed by atoms with E-state index in [1.54, 1.807) is 0 Å². The number of aryl methyl sites for hydroxylation is 1. The first-order valence-corrected chi connectivity index (χ1v) is 18.3. The summed E-state index contributed by atoms with van der Waals surface area (Å²) in [4.78, 5) is 2.12. The van der Waals surface area contributed by atoms with Crippen LogP contribution in [-0.2, 0) is 5.41 Å². The topological polar surface area (TPSA) is 28.6 Å². The molecule has 0 spiro atoms. The van der Waals surface area contributed by atoms with Gasteiger partial charge in [-0.25, -0.2) is 4.58 Å². The smallest absolute Gasteiger partial charge is 0.203 e. The number of rotatable bonds is 5. The van der Waals surface area contributed by atoms with Crippen molar-refractivity contribution >= 4 is 22.9 Å². The summed E-state index contributed by atoms with van der Waals surface area (Å²) in [6, 6.07) is 24.1. The van der Waals surface area contributed by atoms with Gasteiger partial charge in [-0.3, -0.25) is 0 Å². The average Bonchev–Trinajstić information content (AvgIpc) is 3.08. The molecule has 52 heavy (non-hydrogen) atoms. The lowest BCUT2D eigenvalue weighted by atomic mass is 9.81. The predicted octanol–water partition coefficient (Wildman–Crippen LogP) is 8.08. The molecule has 2 aromatic carbocycles. The average molecular weight is 715 g/mol. The molecule has 0 unspecified atom stereocenters. The Labute approximate surface area is 318 Å². The van der Waals surface area contributed by atoms with E-state index < -0.39 is 0 Å². The van der Waals surface area contributed by atoms with Crippen LogP contribution in [-0.4, -0.2) is 28.2 Å². The molecule has 272 valence electrons. The number of allylic oxidation sites excluding steroid dienone is 9. The number of halogens is 1. The van der Waals surface area contributed by atoms with E-state index in [1.165, 1.54) is 39.0 Å². The van der Waals surface area contributed by atoms with E-state index >= 15 is 0 Å². The first-order chi connectivity index (χ1) is 24.1. The van der Waals surface area contributed by atoms with E-state index in [4.69, 9.17) is 9.15 Å². The van der Waals surface area contributed by atoms with Crippen LogP contribution in [0.1, 0.15) is 88.8 Å². The highest BCUT2D eigenvalue weighted by Gasteiger charge is 2.27. The fourth-order valence-corrected chi connectivity index (χ4v) is 6.81. The van der Waals surface area contributed by atoms with Crippen molar-refractivity contribution in [2.24, 2.45) is 5.41 Å². The number of hydrogen-bond donors (Lipinski definition) is 0. The molecular formula is C47H55ClN2O2. The molecular weight excluding hydrogens is 660 g/mol. The molecule has 2 aromatic rings. The van der Waals surface area contributed by atoms with Gasteiger partial charge in [0.1, 0.15) is 37.1 Å². The molecule has 0 saturated heterocycles. The van der Waals surface area contributed by atoms with Gasteiger partial charge in [0.05, 0.1) is 6.07 Å². The second kappa shape index (κ2) is 15.2. The van der Waals surface area contributed by atoms with Crippen molar-refractivity contribution in [1.29, 1.82) is 0 Å². The van der Waals surface area contributed by atoms with Crippen molar-refractivity contribution in [3.8, 4) is 17.1 Å². The van der Waals surface area contributed by atoms with Crippen LogP contribution >= 0.6 is 0 Å². The Bertz CT molecular complexity index is 2170. The van der Waals surface area contributed by atoms with Gasteiger partial charge in [0.15, 0.2) is 0 Å².